The molecule has 0 fully saturated rings. The summed E-state index contributed by atoms with van der Waals surface area (Å²) in [7, 11) is -4.02. The maximum absolute atomic E-state index is 11.8. The molecule has 0 aromatic heterocycles. The quantitative estimate of drug-likeness (QED) is 0.742. The van der Waals surface area contributed by atoms with E-state index in [2.05, 4.69) is 0 Å². The largest absolute Gasteiger partial charge is 0.480 e. The number of rotatable bonds is 7. The lowest BCUT2D eigenvalue weighted by atomic mass is 10.1. The van der Waals surface area contributed by atoms with Crippen LogP contribution < -0.4 is 4.72 Å². The van der Waals surface area contributed by atoms with Gasteiger partial charge in [0.05, 0.1) is 5.75 Å². The van der Waals surface area contributed by atoms with E-state index >= 15 is 0 Å². The molecule has 0 saturated carbocycles. The summed E-state index contributed by atoms with van der Waals surface area (Å²) in [6.45, 7) is 2.99. The molecule has 0 heterocycles. The normalized spacial score (nSPS) is 14.8. The molecule has 108 valence electrons. The Morgan fingerprint density at radius 3 is 2.17 bits per heavy atom. The molecule has 0 rings (SSSR count). The second kappa shape index (κ2) is 6.37. The summed E-state index contributed by atoms with van der Waals surface area (Å²) in [4.78, 5) is 10.7. The van der Waals surface area contributed by atoms with Gasteiger partial charge in [-0.25, -0.2) is 13.1 Å². The minimum atomic E-state index is -4.42. The molecule has 0 aliphatic carbocycles. The van der Waals surface area contributed by atoms with Crippen LogP contribution in [0.1, 0.15) is 26.7 Å². The average Bonchev–Trinajstić information content (AvgIpc) is 2.10. The number of carboxylic acid groups (broad SMARTS) is 1. The van der Waals surface area contributed by atoms with E-state index in [9.17, 15) is 26.4 Å². The van der Waals surface area contributed by atoms with Crippen LogP contribution in [0.5, 0.6) is 0 Å². The van der Waals surface area contributed by atoms with Crippen molar-refractivity contribution >= 4 is 16.0 Å². The van der Waals surface area contributed by atoms with Crippen LogP contribution in [0.25, 0.3) is 0 Å². The van der Waals surface area contributed by atoms with Gasteiger partial charge in [-0.15, -0.1) is 0 Å². The molecule has 1 atom stereocenters. The summed E-state index contributed by atoms with van der Waals surface area (Å²) in [5.74, 6) is -2.60. The van der Waals surface area contributed by atoms with Gasteiger partial charge in [-0.3, -0.25) is 4.79 Å². The lowest BCUT2D eigenvalue weighted by Crippen LogP contribution is -2.45. The van der Waals surface area contributed by atoms with Crippen molar-refractivity contribution < 1.29 is 31.5 Å². The Labute approximate surface area is 103 Å². The number of hydrogen-bond donors (Lipinski definition) is 2. The molecule has 2 N–H and O–H groups in total. The van der Waals surface area contributed by atoms with E-state index in [1.165, 1.54) is 13.8 Å². The van der Waals surface area contributed by atoms with Gasteiger partial charge in [0.1, 0.15) is 6.04 Å². The predicted molar refractivity (Wildman–Crippen MR) is 58.5 cm³/mol. The molecule has 0 amide bonds. The zero-order valence-electron chi connectivity index (χ0n) is 9.99. The lowest BCUT2D eigenvalue weighted by molar-refractivity contribution is -0.140. The van der Waals surface area contributed by atoms with Crippen LogP contribution in [-0.4, -0.2) is 37.5 Å². The van der Waals surface area contributed by atoms with Gasteiger partial charge in [-0.1, -0.05) is 13.8 Å². The Morgan fingerprint density at radius 1 is 1.33 bits per heavy atom. The monoisotopic (exact) mass is 291 g/mol. The highest BCUT2D eigenvalue weighted by Gasteiger charge is 2.30. The second-order valence-corrected chi connectivity index (χ2v) is 6.09. The van der Waals surface area contributed by atoms with E-state index in [1.807, 2.05) is 4.72 Å². The van der Waals surface area contributed by atoms with E-state index in [0.717, 1.165) is 0 Å². The highest BCUT2D eigenvalue weighted by atomic mass is 32.2. The first-order chi connectivity index (χ1) is 7.94. The van der Waals surface area contributed by atoms with Gasteiger partial charge in [-0.05, 0) is 12.3 Å². The zero-order valence-corrected chi connectivity index (χ0v) is 10.8. The SMILES string of the molecule is CC(C)[C@H](NS(=O)(=O)CCCC(F)(F)F)C(=O)O. The summed E-state index contributed by atoms with van der Waals surface area (Å²) >= 11 is 0. The number of halogens is 3. The van der Waals surface area contributed by atoms with Crippen molar-refractivity contribution in [3.8, 4) is 0 Å². The predicted octanol–water partition coefficient (Wildman–Crippen LogP) is 1.36. The summed E-state index contributed by atoms with van der Waals surface area (Å²) in [5.41, 5.74) is 0. The van der Waals surface area contributed by atoms with Crippen molar-refractivity contribution in [2.75, 3.05) is 5.75 Å². The number of sulfonamides is 1. The molecule has 0 bridgehead atoms. The van der Waals surface area contributed by atoms with Crippen molar-refractivity contribution in [1.82, 2.24) is 4.72 Å². The van der Waals surface area contributed by atoms with E-state index in [4.69, 9.17) is 5.11 Å². The Morgan fingerprint density at radius 2 is 1.83 bits per heavy atom. The van der Waals surface area contributed by atoms with Crippen LogP contribution in [0, 0.1) is 5.92 Å². The Bertz CT molecular complexity index is 378. The van der Waals surface area contributed by atoms with Gasteiger partial charge in [0, 0.05) is 6.42 Å². The van der Waals surface area contributed by atoms with E-state index in [0.29, 0.717) is 0 Å². The molecule has 0 saturated heterocycles. The highest BCUT2D eigenvalue weighted by Crippen LogP contribution is 2.21. The topological polar surface area (TPSA) is 83.5 Å². The van der Waals surface area contributed by atoms with Crippen LogP contribution in [0.2, 0.25) is 0 Å². The summed E-state index contributed by atoms with van der Waals surface area (Å²) in [6.07, 6.45) is -6.23. The van der Waals surface area contributed by atoms with Crippen molar-refractivity contribution in [1.29, 1.82) is 0 Å². The van der Waals surface area contributed by atoms with Crippen molar-refractivity contribution in [3.05, 3.63) is 0 Å². The first-order valence-corrected chi connectivity index (χ1v) is 6.89. The van der Waals surface area contributed by atoms with E-state index < -0.39 is 52.7 Å². The third-order valence-electron chi connectivity index (χ3n) is 2.11. The number of carboxylic acids is 1. The van der Waals surface area contributed by atoms with Crippen LogP contribution >= 0.6 is 0 Å². The highest BCUT2D eigenvalue weighted by molar-refractivity contribution is 7.89. The molecule has 0 radical (unpaired) electrons. The third-order valence-corrected chi connectivity index (χ3v) is 3.55. The van der Waals surface area contributed by atoms with Gasteiger partial charge in [0.25, 0.3) is 0 Å². The molecule has 0 spiro atoms. The van der Waals surface area contributed by atoms with E-state index in [-0.39, 0.29) is 0 Å². The van der Waals surface area contributed by atoms with Gasteiger partial charge >= 0.3 is 12.1 Å². The van der Waals surface area contributed by atoms with Crippen LogP contribution in [0.4, 0.5) is 13.2 Å². The number of aliphatic carboxylic acids is 1. The second-order valence-electron chi connectivity index (χ2n) is 4.22. The molecule has 18 heavy (non-hydrogen) atoms. The van der Waals surface area contributed by atoms with Crippen molar-refractivity contribution in [3.63, 3.8) is 0 Å². The average molecular weight is 291 g/mol. The van der Waals surface area contributed by atoms with Crippen LogP contribution in [-0.2, 0) is 14.8 Å². The van der Waals surface area contributed by atoms with Crippen LogP contribution in [0.15, 0.2) is 0 Å². The molecule has 5 nitrogen and oxygen atoms in total. The van der Waals surface area contributed by atoms with Gasteiger partial charge in [0.2, 0.25) is 10.0 Å². The maximum atomic E-state index is 11.8. The number of nitrogens with one attached hydrogen (secondary N) is 1. The Kier molecular flexibility index (Phi) is 6.08. The first kappa shape index (κ1) is 17.2. The van der Waals surface area contributed by atoms with Crippen LogP contribution in [0.3, 0.4) is 0 Å². The summed E-state index contributed by atoms with van der Waals surface area (Å²) < 4.78 is 60.2. The fourth-order valence-corrected chi connectivity index (χ4v) is 2.59. The molecule has 0 aromatic rings. The van der Waals surface area contributed by atoms with Crippen molar-refractivity contribution in [2.45, 2.75) is 38.9 Å². The van der Waals surface area contributed by atoms with Gasteiger partial charge in [-0.2, -0.15) is 13.2 Å². The first-order valence-electron chi connectivity index (χ1n) is 5.24. The third kappa shape index (κ3) is 7.49. The smallest absolute Gasteiger partial charge is 0.389 e. The fraction of sp³-hybridized carbons (Fsp3) is 0.889. The maximum Gasteiger partial charge on any atom is 0.389 e. The number of alkyl halides is 3. The van der Waals surface area contributed by atoms with Crippen molar-refractivity contribution in [2.24, 2.45) is 5.92 Å². The fourth-order valence-electron chi connectivity index (χ4n) is 1.19. The minimum Gasteiger partial charge on any atom is -0.480 e. The molecular formula is C9H16F3NO4S. The molecule has 0 aliphatic rings. The van der Waals surface area contributed by atoms with E-state index in [1.54, 1.807) is 0 Å². The lowest BCUT2D eigenvalue weighted by Gasteiger charge is -2.18. The number of hydrogen-bond acceptors (Lipinski definition) is 3. The number of carbonyl (C=O) groups is 1. The molecular weight excluding hydrogens is 275 g/mol. The molecule has 0 unspecified atom stereocenters. The van der Waals surface area contributed by atoms with Gasteiger partial charge in [0.15, 0.2) is 0 Å². The Hall–Kier alpha value is -0.830. The molecule has 0 aromatic carbocycles. The zero-order chi connectivity index (χ0) is 14.6. The molecule has 0 aliphatic heterocycles. The summed E-state index contributed by atoms with van der Waals surface area (Å²) in [5, 5.41) is 8.75. The minimum absolute atomic E-state index is 0.500. The standard InChI is InChI=1S/C9H16F3NO4S/c1-6(2)7(8(14)15)13-18(16,17)5-3-4-9(10,11)12/h6-7,13H,3-5H2,1-2H3,(H,14,15)/t7-/m0/s1. The Balaban J connectivity index is 4.43. The van der Waals surface area contributed by atoms with Gasteiger partial charge < -0.3 is 5.11 Å². The molecule has 9 heteroatoms. The summed E-state index contributed by atoms with van der Waals surface area (Å²) in [6, 6.07) is -1.33.